The van der Waals surface area contributed by atoms with Gasteiger partial charge >= 0.3 is 0 Å². The Hall–Kier alpha value is -5.44. The summed E-state index contributed by atoms with van der Waals surface area (Å²) in [5, 5.41) is 4.26. The Bertz CT molecular complexity index is 2180. The normalized spacial score (nSPS) is 13.3. The third kappa shape index (κ3) is 5.01. The van der Waals surface area contributed by atoms with Crippen molar-refractivity contribution < 1.29 is 18.9 Å². The van der Waals surface area contributed by atoms with Crippen LogP contribution in [0.4, 0.5) is 32.8 Å². The van der Waals surface area contributed by atoms with Gasteiger partial charge in [0.05, 0.1) is 9.75 Å². The number of rotatable bonds is 7. The van der Waals surface area contributed by atoms with E-state index in [0.29, 0.717) is 26.4 Å². The summed E-state index contributed by atoms with van der Waals surface area (Å²) < 4.78 is 25.8. The lowest BCUT2D eigenvalue weighted by Crippen LogP contribution is -2.17. The van der Waals surface area contributed by atoms with Crippen LogP contribution in [-0.4, -0.2) is 26.4 Å². The Morgan fingerprint density at radius 3 is 1.25 bits per heavy atom. The highest BCUT2D eigenvalue weighted by molar-refractivity contribution is 7.27. The van der Waals surface area contributed by atoms with Crippen molar-refractivity contribution in [3.05, 3.63) is 133 Å². The van der Waals surface area contributed by atoms with E-state index in [4.69, 9.17) is 18.9 Å². The number of anilines is 6. The molecule has 4 heterocycles. The summed E-state index contributed by atoms with van der Waals surface area (Å²) >= 11 is 3.30. The van der Waals surface area contributed by atoms with Crippen molar-refractivity contribution in [2.75, 3.05) is 36.2 Å². The maximum absolute atomic E-state index is 6.47. The van der Waals surface area contributed by atoms with Crippen LogP contribution in [0.2, 0.25) is 0 Å². The summed E-state index contributed by atoms with van der Waals surface area (Å²) in [6, 6.07) is 46.2. The summed E-state index contributed by atoms with van der Waals surface area (Å²) in [6.07, 6.45) is 0. The van der Waals surface area contributed by atoms with Gasteiger partial charge in [0.2, 0.25) is 0 Å². The molecular formula is C40H30N2O4S2. The molecule has 2 aliphatic heterocycles. The van der Waals surface area contributed by atoms with Gasteiger partial charge in [-0.15, -0.1) is 22.7 Å². The Labute approximate surface area is 286 Å². The summed E-state index contributed by atoms with van der Waals surface area (Å²) in [4.78, 5) is 6.43. The van der Waals surface area contributed by atoms with Crippen LogP contribution in [-0.2, 0) is 0 Å². The molecule has 5 aromatic carbocycles. The predicted molar refractivity (Wildman–Crippen MR) is 196 cm³/mol. The van der Waals surface area contributed by atoms with E-state index in [0.717, 1.165) is 65.5 Å². The van der Waals surface area contributed by atoms with Crippen molar-refractivity contribution in [2.45, 2.75) is 0 Å². The topological polar surface area (TPSA) is 43.4 Å². The molecule has 0 unspecified atom stereocenters. The summed E-state index contributed by atoms with van der Waals surface area (Å²) in [7, 11) is 0. The van der Waals surface area contributed by atoms with Gasteiger partial charge in [-0.2, -0.15) is 0 Å². The standard InChI is InChI=1S/C40H30N2O4S2/c1-4-14-29(15-5-1)41(30-16-6-2-7-17-30)39-35-33(43-22-24-45-35)37(47-39)38-34-36(46-25-23-44-34)40(48-38)42(31-18-8-3-9-19-31)32-21-20-27-12-10-11-13-28(27)26-32/h1-21,26H,22-25H2. The van der Waals surface area contributed by atoms with Crippen molar-refractivity contribution >= 4 is 66.2 Å². The third-order valence-corrected chi connectivity index (χ3v) is 10.8. The Balaban J connectivity index is 1.25. The van der Waals surface area contributed by atoms with Crippen LogP contribution in [0.25, 0.3) is 20.5 Å². The Kier molecular flexibility index (Phi) is 7.37. The van der Waals surface area contributed by atoms with Crippen LogP contribution in [0.3, 0.4) is 0 Å². The molecule has 0 radical (unpaired) electrons. The second kappa shape index (κ2) is 12.3. The zero-order chi connectivity index (χ0) is 31.9. The van der Waals surface area contributed by atoms with E-state index < -0.39 is 0 Å². The summed E-state index contributed by atoms with van der Waals surface area (Å²) in [5.74, 6) is 2.95. The number of fused-ring (bicyclic) bond motifs is 3. The molecule has 0 bridgehead atoms. The molecule has 7 aromatic rings. The molecule has 0 saturated heterocycles. The van der Waals surface area contributed by atoms with Gasteiger partial charge in [0.25, 0.3) is 0 Å². The fraction of sp³-hybridized carbons (Fsp3) is 0.100. The molecule has 0 amide bonds. The number of hydrogen-bond acceptors (Lipinski definition) is 8. The van der Waals surface area contributed by atoms with Gasteiger partial charge in [0, 0.05) is 22.7 Å². The lowest BCUT2D eigenvalue weighted by atomic mass is 10.1. The highest BCUT2D eigenvalue weighted by Gasteiger charge is 2.36. The third-order valence-electron chi connectivity index (χ3n) is 8.41. The predicted octanol–water partition coefficient (Wildman–Crippen LogP) is 11.1. The van der Waals surface area contributed by atoms with Gasteiger partial charge in [-0.1, -0.05) is 84.9 Å². The maximum Gasteiger partial charge on any atom is 0.197 e. The molecule has 0 fully saturated rings. The maximum atomic E-state index is 6.47. The summed E-state index contributed by atoms with van der Waals surface area (Å²) in [6.45, 7) is 1.89. The first-order chi connectivity index (χ1) is 23.8. The molecule has 48 heavy (non-hydrogen) atoms. The highest BCUT2D eigenvalue weighted by Crippen LogP contribution is 2.64. The second-order valence-corrected chi connectivity index (χ2v) is 13.4. The minimum absolute atomic E-state index is 0.468. The number of hydrogen-bond donors (Lipinski definition) is 0. The first-order valence-electron chi connectivity index (χ1n) is 15.9. The average molecular weight is 667 g/mol. The molecule has 0 spiro atoms. The second-order valence-electron chi connectivity index (χ2n) is 11.4. The molecule has 0 saturated carbocycles. The lowest BCUT2D eigenvalue weighted by Gasteiger charge is -2.26. The van der Waals surface area contributed by atoms with E-state index in [1.807, 2.05) is 18.2 Å². The van der Waals surface area contributed by atoms with E-state index in [2.05, 4.69) is 125 Å². The highest BCUT2D eigenvalue weighted by atomic mass is 32.1. The minimum atomic E-state index is 0.468. The first-order valence-corrected chi connectivity index (χ1v) is 17.6. The number of nitrogens with zero attached hydrogens (tertiary/aromatic N) is 2. The van der Waals surface area contributed by atoms with E-state index in [-0.39, 0.29) is 0 Å². The lowest BCUT2D eigenvalue weighted by molar-refractivity contribution is 0.172. The molecule has 0 atom stereocenters. The van der Waals surface area contributed by atoms with Gasteiger partial charge in [-0.05, 0) is 59.3 Å². The van der Waals surface area contributed by atoms with Gasteiger partial charge in [0.15, 0.2) is 23.0 Å². The van der Waals surface area contributed by atoms with Gasteiger partial charge in [-0.3, -0.25) is 9.80 Å². The molecular weight excluding hydrogens is 637 g/mol. The zero-order valence-electron chi connectivity index (χ0n) is 25.9. The van der Waals surface area contributed by atoms with E-state index >= 15 is 0 Å². The van der Waals surface area contributed by atoms with Crippen LogP contribution in [0.15, 0.2) is 133 Å². The number of ether oxygens (including phenoxy) is 4. The van der Waals surface area contributed by atoms with Crippen LogP contribution >= 0.6 is 22.7 Å². The van der Waals surface area contributed by atoms with E-state index in [1.165, 1.54) is 10.8 Å². The van der Waals surface area contributed by atoms with Gasteiger partial charge < -0.3 is 18.9 Å². The molecule has 236 valence electrons. The fourth-order valence-electron chi connectivity index (χ4n) is 6.28. The van der Waals surface area contributed by atoms with Crippen LogP contribution in [0.5, 0.6) is 23.0 Å². The summed E-state index contributed by atoms with van der Waals surface area (Å²) in [5.41, 5.74) is 4.14. The van der Waals surface area contributed by atoms with Crippen molar-refractivity contribution in [2.24, 2.45) is 0 Å². The first kappa shape index (κ1) is 28.8. The SMILES string of the molecule is c1ccc(N(c2ccccc2)c2sc(-c3sc(N(c4ccccc4)c4ccc5ccccc5c4)c4c3OCCO4)c3c2OCCO3)cc1. The van der Waals surface area contributed by atoms with Crippen molar-refractivity contribution in [1.29, 1.82) is 0 Å². The molecule has 0 N–H and O–H groups in total. The van der Waals surface area contributed by atoms with Crippen molar-refractivity contribution in [1.82, 2.24) is 0 Å². The monoisotopic (exact) mass is 666 g/mol. The largest absolute Gasteiger partial charge is 0.484 e. The van der Waals surface area contributed by atoms with E-state index in [9.17, 15) is 0 Å². The van der Waals surface area contributed by atoms with Crippen LogP contribution in [0.1, 0.15) is 0 Å². The number of para-hydroxylation sites is 3. The average Bonchev–Trinajstić information content (AvgIpc) is 3.72. The molecule has 2 aliphatic rings. The van der Waals surface area contributed by atoms with Gasteiger partial charge in [-0.25, -0.2) is 0 Å². The molecule has 9 rings (SSSR count). The number of thiophene rings is 2. The van der Waals surface area contributed by atoms with Crippen LogP contribution < -0.4 is 28.7 Å². The van der Waals surface area contributed by atoms with Crippen molar-refractivity contribution in [3.8, 4) is 32.8 Å². The Morgan fingerprint density at radius 1 is 0.375 bits per heavy atom. The zero-order valence-corrected chi connectivity index (χ0v) is 27.5. The van der Waals surface area contributed by atoms with Crippen LogP contribution in [0, 0.1) is 0 Å². The molecule has 0 aliphatic carbocycles. The minimum Gasteiger partial charge on any atom is -0.484 e. The molecule has 8 heteroatoms. The molecule has 2 aromatic heterocycles. The fourth-order valence-corrected chi connectivity index (χ4v) is 8.87. The quantitative estimate of drug-likeness (QED) is 0.169. The molecule has 6 nitrogen and oxygen atoms in total. The number of benzene rings is 5. The van der Waals surface area contributed by atoms with E-state index in [1.54, 1.807) is 22.7 Å². The van der Waals surface area contributed by atoms with Crippen molar-refractivity contribution in [3.63, 3.8) is 0 Å². The smallest absolute Gasteiger partial charge is 0.197 e. The Morgan fingerprint density at radius 2 is 0.771 bits per heavy atom. The van der Waals surface area contributed by atoms with Gasteiger partial charge in [0.1, 0.15) is 36.4 Å².